The van der Waals surface area contributed by atoms with E-state index in [1.807, 2.05) is 6.92 Å². The molecular weight excluding hydrogens is 244 g/mol. The summed E-state index contributed by atoms with van der Waals surface area (Å²) in [5, 5.41) is 37.3. The van der Waals surface area contributed by atoms with Gasteiger partial charge in [0.25, 0.3) is 0 Å². The van der Waals surface area contributed by atoms with Gasteiger partial charge in [-0.25, -0.2) is 0 Å². The van der Waals surface area contributed by atoms with E-state index in [1.54, 1.807) is 30.3 Å². The first-order chi connectivity index (χ1) is 8.97. The average molecular weight is 258 g/mol. The quantitative estimate of drug-likeness (QED) is 0.493. The molecule has 2 aromatic rings. The van der Waals surface area contributed by atoms with Gasteiger partial charge in [-0.2, -0.15) is 0 Å². The summed E-state index contributed by atoms with van der Waals surface area (Å²) in [7, 11) is 0. The van der Waals surface area contributed by atoms with Crippen molar-refractivity contribution in [3.63, 3.8) is 0 Å². The molecule has 4 nitrogen and oxygen atoms in total. The van der Waals surface area contributed by atoms with Crippen molar-refractivity contribution >= 4 is 11.6 Å². The molecule has 4 N–H and O–H groups in total. The summed E-state index contributed by atoms with van der Waals surface area (Å²) < 4.78 is 0. The van der Waals surface area contributed by atoms with Crippen LogP contribution in [0.15, 0.2) is 36.4 Å². The number of benzene rings is 2. The van der Waals surface area contributed by atoms with Crippen LogP contribution in [0, 0.1) is 0 Å². The number of hydrogen-bond donors (Lipinski definition) is 4. The number of aromatic hydroxyl groups is 4. The molecule has 2 aromatic carbocycles. The van der Waals surface area contributed by atoms with Gasteiger partial charge >= 0.3 is 0 Å². The van der Waals surface area contributed by atoms with Crippen LogP contribution >= 0.6 is 0 Å². The third-order valence-corrected chi connectivity index (χ3v) is 2.80. The monoisotopic (exact) mass is 258 g/mol. The van der Waals surface area contributed by atoms with Crippen LogP contribution in [0.25, 0.3) is 11.6 Å². The highest BCUT2D eigenvalue weighted by molar-refractivity contribution is 5.81. The summed E-state index contributed by atoms with van der Waals surface area (Å²) >= 11 is 0. The minimum atomic E-state index is -0.528. The van der Waals surface area contributed by atoms with Gasteiger partial charge in [-0.05, 0) is 47.9 Å². The summed E-state index contributed by atoms with van der Waals surface area (Å²) in [5.41, 5.74) is 2.37. The number of hydrogen-bond acceptors (Lipinski definition) is 4. The number of phenolic OH excluding ortho intramolecular Hbond substituents is 4. The van der Waals surface area contributed by atoms with Crippen molar-refractivity contribution in [3.8, 4) is 23.0 Å². The standard InChI is InChI=1S/C15H14O4/c1-9(11-2-4-12(16)5-3-11)6-10-7-13(17)15(19)14(18)8-10/h2-8,16-19H,1H3. The first-order valence-electron chi connectivity index (χ1n) is 5.70. The fourth-order valence-corrected chi connectivity index (χ4v) is 1.77. The maximum atomic E-state index is 9.43. The zero-order chi connectivity index (χ0) is 14.0. The van der Waals surface area contributed by atoms with Crippen LogP contribution in [0.4, 0.5) is 0 Å². The fraction of sp³-hybridized carbons (Fsp3) is 0.0667. The van der Waals surface area contributed by atoms with Crippen molar-refractivity contribution in [2.24, 2.45) is 0 Å². The molecule has 0 bridgehead atoms. The smallest absolute Gasteiger partial charge is 0.200 e. The minimum Gasteiger partial charge on any atom is -0.508 e. The van der Waals surface area contributed by atoms with Crippen LogP contribution in [0.1, 0.15) is 18.1 Å². The highest BCUT2D eigenvalue weighted by Gasteiger charge is 2.07. The molecule has 0 aliphatic heterocycles. The molecule has 19 heavy (non-hydrogen) atoms. The third-order valence-electron chi connectivity index (χ3n) is 2.80. The molecule has 0 saturated carbocycles. The molecule has 0 amide bonds. The Bertz CT molecular complexity index is 604. The van der Waals surface area contributed by atoms with E-state index >= 15 is 0 Å². The van der Waals surface area contributed by atoms with E-state index in [-0.39, 0.29) is 17.2 Å². The maximum Gasteiger partial charge on any atom is 0.200 e. The largest absolute Gasteiger partial charge is 0.508 e. The summed E-state index contributed by atoms with van der Waals surface area (Å²) in [6.45, 7) is 1.87. The van der Waals surface area contributed by atoms with Crippen molar-refractivity contribution < 1.29 is 20.4 Å². The average Bonchev–Trinajstić information content (AvgIpc) is 2.36. The van der Waals surface area contributed by atoms with Gasteiger partial charge in [0.1, 0.15) is 5.75 Å². The normalized spacial score (nSPS) is 11.5. The Morgan fingerprint density at radius 2 is 1.42 bits per heavy atom. The molecule has 98 valence electrons. The predicted molar refractivity (Wildman–Crippen MR) is 73.1 cm³/mol. The van der Waals surface area contributed by atoms with Crippen molar-refractivity contribution in [2.45, 2.75) is 6.92 Å². The molecule has 4 heteroatoms. The lowest BCUT2D eigenvalue weighted by Crippen LogP contribution is -1.81. The molecule has 0 fully saturated rings. The molecule has 0 saturated heterocycles. The Morgan fingerprint density at radius 1 is 0.895 bits per heavy atom. The minimum absolute atomic E-state index is 0.191. The van der Waals surface area contributed by atoms with Crippen molar-refractivity contribution in [1.29, 1.82) is 0 Å². The van der Waals surface area contributed by atoms with E-state index in [9.17, 15) is 20.4 Å². The second-order valence-electron chi connectivity index (χ2n) is 4.28. The lowest BCUT2D eigenvalue weighted by molar-refractivity contribution is 0.368. The van der Waals surface area contributed by atoms with E-state index in [2.05, 4.69) is 0 Å². The van der Waals surface area contributed by atoms with Gasteiger partial charge in [-0.3, -0.25) is 0 Å². The van der Waals surface area contributed by atoms with Gasteiger partial charge in [-0.15, -0.1) is 0 Å². The SMILES string of the molecule is CC(=Cc1cc(O)c(O)c(O)c1)c1ccc(O)cc1. The van der Waals surface area contributed by atoms with E-state index < -0.39 is 5.75 Å². The molecule has 0 atom stereocenters. The van der Waals surface area contributed by atoms with Gasteiger partial charge in [0, 0.05) is 0 Å². The second-order valence-corrected chi connectivity index (χ2v) is 4.28. The molecule has 0 spiro atoms. The van der Waals surface area contributed by atoms with Gasteiger partial charge in [-0.1, -0.05) is 18.2 Å². The molecule has 0 heterocycles. The predicted octanol–water partition coefficient (Wildman–Crippen LogP) is 3.07. The van der Waals surface area contributed by atoms with Crippen molar-refractivity contribution in [2.75, 3.05) is 0 Å². The molecule has 2 rings (SSSR count). The first kappa shape index (κ1) is 12.8. The summed E-state index contributed by atoms with van der Waals surface area (Å²) in [6.07, 6.45) is 1.76. The van der Waals surface area contributed by atoms with Crippen molar-refractivity contribution in [3.05, 3.63) is 47.5 Å². The van der Waals surface area contributed by atoms with Crippen LogP contribution in [0.3, 0.4) is 0 Å². The summed E-state index contributed by atoms with van der Waals surface area (Å²) in [5.74, 6) is -1.08. The highest BCUT2D eigenvalue weighted by Crippen LogP contribution is 2.36. The Morgan fingerprint density at radius 3 is 1.95 bits per heavy atom. The molecule has 0 aliphatic carbocycles. The summed E-state index contributed by atoms with van der Waals surface area (Å²) in [6, 6.07) is 9.41. The van der Waals surface area contributed by atoms with E-state index in [1.165, 1.54) is 12.1 Å². The zero-order valence-electron chi connectivity index (χ0n) is 10.3. The number of phenols is 4. The van der Waals surface area contributed by atoms with Crippen LogP contribution < -0.4 is 0 Å². The summed E-state index contributed by atoms with van der Waals surface area (Å²) in [4.78, 5) is 0. The van der Waals surface area contributed by atoms with Gasteiger partial charge < -0.3 is 20.4 Å². The topological polar surface area (TPSA) is 80.9 Å². The molecule has 0 aliphatic rings. The Balaban J connectivity index is 2.38. The molecular formula is C15H14O4. The Hall–Kier alpha value is -2.62. The van der Waals surface area contributed by atoms with Crippen LogP contribution in [-0.4, -0.2) is 20.4 Å². The molecule has 0 aromatic heterocycles. The fourth-order valence-electron chi connectivity index (χ4n) is 1.77. The highest BCUT2D eigenvalue weighted by atomic mass is 16.3. The second kappa shape index (κ2) is 4.94. The van der Waals surface area contributed by atoms with Gasteiger partial charge in [0.05, 0.1) is 0 Å². The van der Waals surface area contributed by atoms with Crippen LogP contribution in [0.2, 0.25) is 0 Å². The van der Waals surface area contributed by atoms with E-state index in [4.69, 9.17) is 0 Å². The van der Waals surface area contributed by atoms with Gasteiger partial charge in [0.15, 0.2) is 17.2 Å². The van der Waals surface area contributed by atoms with E-state index in [0.29, 0.717) is 5.56 Å². The van der Waals surface area contributed by atoms with Gasteiger partial charge in [0.2, 0.25) is 0 Å². The lowest BCUT2D eigenvalue weighted by Gasteiger charge is -2.05. The maximum absolute atomic E-state index is 9.43. The number of rotatable bonds is 2. The van der Waals surface area contributed by atoms with Crippen molar-refractivity contribution in [1.82, 2.24) is 0 Å². The zero-order valence-corrected chi connectivity index (χ0v) is 10.3. The first-order valence-corrected chi connectivity index (χ1v) is 5.70. The van der Waals surface area contributed by atoms with Crippen LogP contribution in [0.5, 0.6) is 23.0 Å². The third kappa shape index (κ3) is 2.80. The van der Waals surface area contributed by atoms with E-state index in [0.717, 1.165) is 11.1 Å². The molecule has 0 unspecified atom stereocenters. The Labute approximate surface area is 110 Å². The van der Waals surface area contributed by atoms with Crippen LogP contribution in [-0.2, 0) is 0 Å². The molecule has 0 radical (unpaired) electrons. The Kier molecular flexibility index (Phi) is 3.33. The number of allylic oxidation sites excluding steroid dienone is 1. The lowest BCUT2D eigenvalue weighted by atomic mass is 10.0.